The maximum atomic E-state index is 12.3. The number of nitrogens with one attached hydrogen (secondary N) is 2. The summed E-state index contributed by atoms with van der Waals surface area (Å²) < 4.78 is 5.14. The predicted octanol–water partition coefficient (Wildman–Crippen LogP) is 3.90. The van der Waals surface area contributed by atoms with Gasteiger partial charge in [0.25, 0.3) is 0 Å². The number of carbonyl (C=O) groups is 1. The van der Waals surface area contributed by atoms with Gasteiger partial charge in [-0.25, -0.2) is 0 Å². The van der Waals surface area contributed by atoms with Gasteiger partial charge in [0.2, 0.25) is 5.91 Å². The summed E-state index contributed by atoms with van der Waals surface area (Å²) in [6, 6.07) is 12.3. The number of nitrogens with zero attached hydrogens (tertiary/aromatic N) is 1. The summed E-state index contributed by atoms with van der Waals surface area (Å²) in [4.78, 5) is 16.3. The van der Waals surface area contributed by atoms with E-state index in [2.05, 4.69) is 40.0 Å². The highest BCUT2D eigenvalue weighted by atomic mass is 32.1. The summed E-state index contributed by atoms with van der Waals surface area (Å²) >= 11 is 1.82. The molecule has 6 heteroatoms. The quantitative estimate of drug-likeness (QED) is 0.685. The summed E-state index contributed by atoms with van der Waals surface area (Å²) in [6.45, 7) is 5.27. The maximum Gasteiger partial charge on any atom is 0.225 e. The fourth-order valence-electron chi connectivity index (χ4n) is 3.49. The van der Waals surface area contributed by atoms with Crippen LogP contribution in [0.3, 0.4) is 0 Å². The van der Waals surface area contributed by atoms with E-state index >= 15 is 0 Å². The highest BCUT2D eigenvalue weighted by molar-refractivity contribution is 7.10. The fraction of sp³-hybridized carbons (Fsp3) is 0.476. The Labute approximate surface area is 165 Å². The van der Waals surface area contributed by atoms with Crippen molar-refractivity contribution in [2.24, 2.45) is 0 Å². The first kappa shape index (κ1) is 19.9. The Morgan fingerprint density at radius 3 is 2.59 bits per heavy atom. The summed E-state index contributed by atoms with van der Waals surface area (Å²) in [5, 5.41) is 8.66. The molecule has 146 valence electrons. The molecule has 27 heavy (non-hydrogen) atoms. The SMILES string of the molecule is COc1ccc(NC(=O)CC(C)NCC(c2cccs2)N2CCCC2)cc1. The Hall–Kier alpha value is -1.89. The van der Waals surface area contributed by atoms with Crippen LogP contribution in [-0.4, -0.2) is 43.6 Å². The van der Waals surface area contributed by atoms with Crippen LogP contribution in [0.4, 0.5) is 5.69 Å². The molecule has 2 heterocycles. The predicted molar refractivity (Wildman–Crippen MR) is 112 cm³/mol. The van der Waals surface area contributed by atoms with Crippen molar-refractivity contribution in [1.29, 1.82) is 0 Å². The third-order valence-electron chi connectivity index (χ3n) is 4.98. The monoisotopic (exact) mass is 387 g/mol. The van der Waals surface area contributed by atoms with Crippen molar-refractivity contribution in [1.82, 2.24) is 10.2 Å². The summed E-state index contributed by atoms with van der Waals surface area (Å²) in [5.41, 5.74) is 0.793. The van der Waals surface area contributed by atoms with Crippen LogP contribution < -0.4 is 15.4 Å². The number of anilines is 1. The van der Waals surface area contributed by atoms with Crippen molar-refractivity contribution >= 4 is 22.9 Å². The van der Waals surface area contributed by atoms with Gasteiger partial charge < -0.3 is 15.4 Å². The molecule has 0 radical (unpaired) electrons. The first-order valence-corrected chi connectivity index (χ1v) is 10.5. The third kappa shape index (κ3) is 5.79. The Balaban J connectivity index is 1.48. The summed E-state index contributed by atoms with van der Waals surface area (Å²) in [5.74, 6) is 0.804. The first-order chi connectivity index (χ1) is 13.2. The van der Waals surface area contributed by atoms with Crippen LogP contribution >= 0.6 is 11.3 Å². The van der Waals surface area contributed by atoms with Gasteiger partial charge >= 0.3 is 0 Å². The van der Waals surface area contributed by atoms with E-state index in [1.165, 1.54) is 17.7 Å². The lowest BCUT2D eigenvalue weighted by Crippen LogP contribution is -2.38. The molecule has 0 aliphatic carbocycles. The van der Waals surface area contributed by atoms with E-state index in [9.17, 15) is 4.79 Å². The van der Waals surface area contributed by atoms with Gasteiger partial charge in [-0.1, -0.05) is 6.07 Å². The van der Waals surface area contributed by atoms with Gasteiger partial charge in [-0.05, 0) is 68.6 Å². The molecule has 2 unspecified atom stereocenters. The van der Waals surface area contributed by atoms with Gasteiger partial charge in [0.05, 0.1) is 13.2 Å². The second-order valence-electron chi connectivity index (χ2n) is 7.06. The Bertz CT molecular complexity index is 697. The number of amides is 1. The molecule has 2 aromatic rings. The standard InChI is InChI=1S/C21H29N3O2S/c1-16(14-21(25)23-17-7-9-18(26-2)10-8-17)22-15-19(20-6-5-13-27-20)24-11-3-4-12-24/h5-10,13,16,19,22H,3-4,11-12,14-15H2,1-2H3,(H,23,25). The Kier molecular flexibility index (Phi) is 7.26. The third-order valence-corrected chi connectivity index (χ3v) is 5.95. The molecule has 1 aromatic heterocycles. The molecule has 5 nitrogen and oxygen atoms in total. The molecule has 0 bridgehead atoms. The number of hydrogen-bond acceptors (Lipinski definition) is 5. The van der Waals surface area contributed by atoms with Crippen molar-refractivity contribution in [2.75, 3.05) is 32.1 Å². The zero-order chi connectivity index (χ0) is 19.1. The van der Waals surface area contributed by atoms with Crippen molar-refractivity contribution < 1.29 is 9.53 Å². The van der Waals surface area contributed by atoms with Crippen molar-refractivity contribution in [2.45, 2.75) is 38.3 Å². The van der Waals surface area contributed by atoms with E-state index in [-0.39, 0.29) is 11.9 Å². The first-order valence-electron chi connectivity index (χ1n) is 9.60. The average molecular weight is 388 g/mol. The lowest BCUT2D eigenvalue weighted by atomic mass is 10.1. The topological polar surface area (TPSA) is 53.6 Å². The second kappa shape index (κ2) is 9.88. The van der Waals surface area contributed by atoms with Crippen molar-refractivity contribution in [3.8, 4) is 5.75 Å². The van der Waals surface area contributed by atoms with Gasteiger partial charge in [0.1, 0.15) is 5.75 Å². The highest BCUT2D eigenvalue weighted by Gasteiger charge is 2.24. The highest BCUT2D eigenvalue weighted by Crippen LogP contribution is 2.28. The molecule has 1 aromatic carbocycles. The number of methoxy groups -OCH3 is 1. The molecule has 3 rings (SSSR count). The van der Waals surface area contributed by atoms with Crippen LogP contribution in [0.25, 0.3) is 0 Å². The van der Waals surface area contributed by atoms with E-state index in [1.807, 2.05) is 35.6 Å². The maximum absolute atomic E-state index is 12.3. The molecule has 1 fully saturated rings. The number of hydrogen-bond donors (Lipinski definition) is 2. The normalized spacial score (nSPS) is 16.8. The van der Waals surface area contributed by atoms with Gasteiger partial charge in [-0.2, -0.15) is 0 Å². The molecule has 0 spiro atoms. The molecule has 2 atom stereocenters. The van der Waals surface area contributed by atoms with Crippen LogP contribution in [0.5, 0.6) is 5.75 Å². The lowest BCUT2D eigenvalue weighted by molar-refractivity contribution is -0.116. The summed E-state index contributed by atoms with van der Waals surface area (Å²) in [6.07, 6.45) is 3.01. The van der Waals surface area contributed by atoms with Crippen LogP contribution in [-0.2, 0) is 4.79 Å². The number of rotatable bonds is 9. The number of carbonyl (C=O) groups excluding carboxylic acids is 1. The Morgan fingerprint density at radius 2 is 1.96 bits per heavy atom. The smallest absolute Gasteiger partial charge is 0.225 e. The molecule has 1 amide bonds. The number of thiophene rings is 1. The number of likely N-dealkylation sites (tertiary alicyclic amines) is 1. The lowest BCUT2D eigenvalue weighted by Gasteiger charge is -2.28. The molecular formula is C21H29N3O2S. The molecule has 0 saturated carbocycles. The summed E-state index contributed by atoms with van der Waals surface area (Å²) in [7, 11) is 1.63. The Morgan fingerprint density at radius 1 is 1.22 bits per heavy atom. The van der Waals surface area contributed by atoms with Crippen LogP contribution in [0.1, 0.15) is 37.1 Å². The van der Waals surface area contributed by atoms with Crippen LogP contribution in [0, 0.1) is 0 Å². The largest absolute Gasteiger partial charge is 0.497 e. The number of benzene rings is 1. The van der Waals surface area contributed by atoms with Crippen molar-refractivity contribution in [3.05, 3.63) is 46.7 Å². The molecule has 1 aliphatic heterocycles. The molecule has 1 saturated heterocycles. The molecular weight excluding hydrogens is 358 g/mol. The van der Waals surface area contributed by atoms with E-state index in [0.29, 0.717) is 12.5 Å². The van der Waals surface area contributed by atoms with Gasteiger partial charge in [-0.15, -0.1) is 11.3 Å². The van der Waals surface area contributed by atoms with E-state index in [4.69, 9.17) is 4.74 Å². The number of ether oxygens (including phenoxy) is 1. The van der Waals surface area contributed by atoms with Crippen molar-refractivity contribution in [3.63, 3.8) is 0 Å². The van der Waals surface area contributed by atoms with Gasteiger partial charge in [-0.3, -0.25) is 9.69 Å². The van der Waals surface area contributed by atoms with E-state index in [0.717, 1.165) is 31.1 Å². The van der Waals surface area contributed by atoms with Gasteiger partial charge in [0.15, 0.2) is 0 Å². The van der Waals surface area contributed by atoms with Gasteiger partial charge in [0, 0.05) is 29.6 Å². The average Bonchev–Trinajstić information content (AvgIpc) is 3.37. The minimum absolute atomic E-state index is 0.0222. The van der Waals surface area contributed by atoms with Crippen LogP contribution in [0.2, 0.25) is 0 Å². The molecule has 2 N–H and O–H groups in total. The zero-order valence-electron chi connectivity index (χ0n) is 16.1. The second-order valence-corrected chi connectivity index (χ2v) is 8.04. The fourth-order valence-corrected chi connectivity index (χ4v) is 4.35. The molecule has 1 aliphatic rings. The van der Waals surface area contributed by atoms with E-state index < -0.39 is 0 Å². The zero-order valence-corrected chi connectivity index (χ0v) is 16.9. The minimum Gasteiger partial charge on any atom is -0.497 e. The van der Waals surface area contributed by atoms with Crippen LogP contribution in [0.15, 0.2) is 41.8 Å². The van der Waals surface area contributed by atoms with E-state index in [1.54, 1.807) is 7.11 Å². The minimum atomic E-state index is 0.0222.